The predicted octanol–water partition coefficient (Wildman–Crippen LogP) is 2.73. The van der Waals surface area contributed by atoms with Crippen molar-refractivity contribution in [1.82, 2.24) is 9.78 Å². The van der Waals surface area contributed by atoms with Gasteiger partial charge in [-0.15, -0.1) is 0 Å². The number of aryl methyl sites for hydroxylation is 2. The molecule has 0 amide bonds. The zero-order chi connectivity index (χ0) is 15.4. The van der Waals surface area contributed by atoms with Gasteiger partial charge >= 0.3 is 5.97 Å². The summed E-state index contributed by atoms with van der Waals surface area (Å²) in [5.41, 5.74) is 8.60. The summed E-state index contributed by atoms with van der Waals surface area (Å²) in [7, 11) is 0. The summed E-state index contributed by atoms with van der Waals surface area (Å²) in [4.78, 5) is 11.9. The molecular formula is C15H18ClN3O2. The molecule has 2 N–H and O–H groups in total. The molecular weight excluding hydrogens is 290 g/mol. The molecule has 0 bridgehead atoms. The standard InChI is InChI=1S/C15H18ClN3O2/c1-3-19-13(15(16)10(2)18-19)9-21-14(20)8-11-6-4-5-7-12(11)17/h4-7H,3,8-9,17H2,1-2H3. The highest BCUT2D eigenvalue weighted by Crippen LogP contribution is 2.21. The third kappa shape index (κ3) is 3.55. The summed E-state index contributed by atoms with van der Waals surface area (Å²) < 4.78 is 7.02. The van der Waals surface area contributed by atoms with Crippen LogP contribution in [0.2, 0.25) is 5.02 Å². The first-order valence-corrected chi connectivity index (χ1v) is 7.11. The van der Waals surface area contributed by atoms with Crippen LogP contribution in [0.4, 0.5) is 5.69 Å². The van der Waals surface area contributed by atoms with E-state index in [2.05, 4.69) is 5.10 Å². The van der Waals surface area contributed by atoms with Crippen LogP contribution in [0.15, 0.2) is 24.3 Å². The lowest BCUT2D eigenvalue weighted by Gasteiger charge is -2.08. The highest BCUT2D eigenvalue weighted by atomic mass is 35.5. The SMILES string of the molecule is CCn1nc(C)c(Cl)c1COC(=O)Cc1ccccc1N. The summed E-state index contributed by atoms with van der Waals surface area (Å²) in [6.07, 6.45) is 0.142. The first-order chi connectivity index (χ1) is 10.0. The first-order valence-electron chi connectivity index (χ1n) is 6.73. The van der Waals surface area contributed by atoms with Crippen molar-refractivity contribution in [3.8, 4) is 0 Å². The molecule has 6 heteroatoms. The lowest BCUT2D eigenvalue weighted by atomic mass is 10.1. The highest BCUT2D eigenvalue weighted by Gasteiger charge is 2.15. The Labute approximate surface area is 128 Å². The van der Waals surface area contributed by atoms with Gasteiger partial charge in [0.05, 0.1) is 22.8 Å². The van der Waals surface area contributed by atoms with Crippen LogP contribution in [0, 0.1) is 6.92 Å². The number of esters is 1. The molecule has 0 radical (unpaired) electrons. The zero-order valence-corrected chi connectivity index (χ0v) is 12.9. The molecule has 0 spiro atoms. The van der Waals surface area contributed by atoms with Crippen molar-refractivity contribution in [3.63, 3.8) is 0 Å². The van der Waals surface area contributed by atoms with E-state index in [0.717, 1.165) is 11.3 Å². The van der Waals surface area contributed by atoms with Crippen molar-refractivity contribution in [2.75, 3.05) is 5.73 Å². The Morgan fingerprint density at radius 3 is 2.81 bits per heavy atom. The summed E-state index contributed by atoms with van der Waals surface area (Å²) in [6, 6.07) is 7.23. The number of rotatable bonds is 5. The van der Waals surface area contributed by atoms with Crippen LogP contribution in [0.25, 0.3) is 0 Å². The molecule has 0 aliphatic carbocycles. The van der Waals surface area contributed by atoms with Gasteiger partial charge in [-0.3, -0.25) is 9.48 Å². The van der Waals surface area contributed by atoms with Gasteiger partial charge in [0.1, 0.15) is 6.61 Å². The Kier molecular flexibility index (Phi) is 4.85. The van der Waals surface area contributed by atoms with Crippen LogP contribution < -0.4 is 5.73 Å². The number of nitrogens with zero attached hydrogens (tertiary/aromatic N) is 2. The summed E-state index contributed by atoms with van der Waals surface area (Å²) in [6.45, 7) is 4.56. The minimum Gasteiger partial charge on any atom is -0.459 e. The number of carbonyl (C=O) groups excluding carboxylic acids is 1. The van der Waals surface area contributed by atoms with Gasteiger partial charge in [-0.05, 0) is 25.5 Å². The van der Waals surface area contributed by atoms with Gasteiger partial charge in [0, 0.05) is 12.2 Å². The van der Waals surface area contributed by atoms with Gasteiger partial charge in [-0.2, -0.15) is 5.10 Å². The Hall–Kier alpha value is -2.01. The third-order valence-corrected chi connectivity index (χ3v) is 3.70. The third-order valence-electron chi connectivity index (χ3n) is 3.21. The number of nitrogens with two attached hydrogens (primary N) is 1. The van der Waals surface area contributed by atoms with E-state index in [0.29, 0.717) is 22.9 Å². The molecule has 1 heterocycles. The van der Waals surface area contributed by atoms with Crippen molar-refractivity contribution < 1.29 is 9.53 Å². The monoisotopic (exact) mass is 307 g/mol. The minimum atomic E-state index is -0.342. The van der Waals surface area contributed by atoms with Crippen molar-refractivity contribution in [2.45, 2.75) is 33.4 Å². The van der Waals surface area contributed by atoms with Crippen molar-refractivity contribution in [1.29, 1.82) is 0 Å². The fourth-order valence-corrected chi connectivity index (χ4v) is 2.25. The van der Waals surface area contributed by atoms with E-state index in [1.807, 2.05) is 32.0 Å². The molecule has 0 aliphatic rings. The van der Waals surface area contributed by atoms with E-state index in [1.165, 1.54) is 0 Å². The molecule has 2 rings (SSSR count). The summed E-state index contributed by atoms with van der Waals surface area (Å²) in [5, 5.41) is 4.82. The normalized spacial score (nSPS) is 10.6. The number of para-hydroxylation sites is 1. The van der Waals surface area contributed by atoms with Crippen LogP contribution in [0.1, 0.15) is 23.9 Å². The maximum absolute atomic E-state index is 11.9. The second kappa shape index (κ2) is 6.63. The van der Waals surface area contributed by atoms with Crippen LogP contribution in [-0.2, 0) is 29.1 Å². The van der Waals surface area contributed by atoms with Gasteiger partial charge in [0.15, 0.2) is 0 Å². The second-order valence-electron chi connectivity index (χ2n) is 4.70. The molecule has 1 aromatic heterocycles. The number of ether oxygens (including phenoxy) is 1. The van der Waals surface area contributed by atoms with E-state index in [1.54, 1.807) is 10.7 Å². The number of anilines is 1. The van der Waals surface area contributed by atoms with Crippen LogP contribution >= 0.6 is 11.6 Å². The zero-order valence-electron chi connectivity index (χ0n) is 12.1. The molecule has 1 aromatic carbocycles. The molecule has 0 unspecified atom stereocenters. The smallest absolute Gasteiger partial charge is 0.310 e. The van der Waals surface area contributed by atoms with E-state index < -0.39 is 0 Å². The Balaban J connectivity index is 2.00. The number of hydrogen-bond donors (Lipinski definition) is 1. The molecule has 0 saturated heterocycles. The average molecular weight is 308 g/mol. The highest BCUT2D eigenvalue weighted by molar-refractivity contribution is 6.31. The van der Waals surface area contributed by atoms with Gasteiger partial charge < -0.3 is 10.5 Å². The molecule has 5 nitrogen and oxygen atoms in total. The van der Waals surface area contributed by atoms with Crippen LogP contribution in [0.5, 0.6) is 0 Å². The van der Waals surface area contributed by atoms with Crippen molar-refractivity contribution in [3.05, 3.63) is 46.2 Å². The molecule has 0 saturated carbocycles. The Morgan fingerprint density at radius 2 is 2.14 bits per heavy atom. The molecule has 0 atom stereocenters. The molecule has 0 fully saturated rings. The Bertz CT molecular complexity index is 652. The van der Waals surface area contributed by atoms with Gasteiger partial charge in [-0.25, -0.2) is 0 Å². The topological polar surface area (TPSA) is 70.1 Å². The largest absolute Gasteiger partial charge is 0.459 e. The van der Waals surface area contributed by atoms with Gasteiger partial charge in [0.2, 0.25) is 0 Å². The minimum absolute atomic E-state index is 0.110. The lowest BCUT2D eigenvalue weighted by Crippen LogP contribution is -2.12. The number of halogens is 1. The average Bonchev–Trinajstić information content (AvgIpc) is 2.74. The maximum atomic E-state index is 11.9. The van der Waals surface area contributed by atoms with E-state index in [9.17, 15) is 4.79 Å². The second-order valence-corrected chi connectivity index (χ2v) is 5.08. The van der Waals surface area contributed by atoms with Crippen molar-refractivity contribution >= 4 is 23.3 Å². The number of carbonyl (C=O) groups is 1. The van der Waals surface area contributed by atoms with Crippen LogP contribution in [0.3, 0.4) is 0 Å². The van der Waals surface area contributed by atoms with E-state index in [-0.39, 0.29) is 19.0 Å². The van der Waals surface area contributed by atoms with Gasteiger partial charge in [0.25, 0.3) is 0 Å². The molecule has 21 heavy (non-hydrogen) atoms. The van der Waals surface area contributed by atoms with Gasteiger partial charge in [-0.1, -0.05) is 29.8 Å². The van der Waals surface area contributed by atoms with Crippen LogP contribution in [-0.4, -0.2) is 15.7 Å². The number of aromatic nitrogens is 2. The summed E-state index contributed by atoms with van der Waals surface area (Å²) in [5.74, 6) is -0.342. The molecule has 0 aliphatic heterocycles. The number of benzene rings is 1. The van der Waals surface area contributed by atoms with Crippen molar-refractivity contribution in [2.24, 2.45) is 0 Å². The fraction of sp³-hybridized carbons (Fsp3) is 0.333. The predicted molar refractivity (Wildman–Crippen MR) is 82.0 cm³/mol. The first kappa shape index (κ1) is 15.4. The maximum Gasteiger partial charge on any atom is 0.310 e. The number of nitrogen functional groups attached to an aromatic ring is 1. The molecule has 112 valence electrons. The quantitative estimate of drug-likeness (QED) is 0.681. The van der Waals surface area contributed by atoms with E-state index >= 15 is 0 Å². The fourth-order valence-electron chi connectivity index (χ4n) is 2.06. The Morgan fingerprint density at radius 1 is 1.43 bits per heavy atom. The van der Waals surface area contributed by atoms with E-state index in [4.69, 9.17) is 22.1 Å². The molecule has 2 aromatic rings. The number of hydrogen-bond acceptors (Lipinski definition) is 4. The summed E-state index contributed by atoms with van der Waals surface area (Å²) >= 11 is 6.17. The lowest BCUT2D eigenvalue weighted by molar-refractivity contribution is -0.144.